The Bertz CT molecular complexity index is 1500. The number of rotatable bonds is 5. The van der Waals surface area contributed by atoms with Gasteiger partial charge in [0.05, 0.1) is 17.3 Å². The highest BCUT2D eigenvalue weighted by Crippen LogP contribution is 2.38. The van der Waals surface area contributed by atoms with Gasteiger partial charge in [0.2, 0.25) is 5.91 Å². The fourth-order valence-corrected chi connectivity index (χ4v) is 5.26. The van der Waals surface area contributed by atoms with E-state index in [1.54, 1.807) is 0 Å². The third-order valence-corrected chi connectivity index (χ3v) is 7.27. The maximum absolute atomic E-state index is 13.5. The molecule has 1 aliphatic rings. The second-order valence-electron chi connectivity index (χ2n) is 8.26. The van der Waals surface area contributed by atoms with Crippen molar-refractivity contribution >= 4 is 66.0 Å². The van der Waals surface area contributed by atoms with E-state index in [1.165, 1.54) is 5.01 Å². The van der Waals surface area contributed by atoms with Crippen LogP contribution in [0.5, 0.6) is 0 Å². The van der Waals surface area contributed by atoms with Crippen molar-refractivity contribution in [3.8, 4) is 11.1 Å². The van der Waals surface area contributed by atoms with Crippen LogP contribution in [0.1, 0.15) is 30.0 Å². The number of fused-ring (bicyclic) bond motifs is 1. The number of nitrogens with one attached hydrogen (secondary N) is 1. The lowest BCUT2D eigenvalue weighted by Crippen LogP contribution is -2.27. The fourth-order valence-electron chi connectivity index (χ4n) is 4.48. The Balaban J connectivity index is 1.72. The van der Waals surface area contributed by atoms with Crippen molar-refractivity contribution in [3.05, 3.63) is 103 Å². The van der Waals surface area contributed by atoms with E-state index < -0.39 is 0 Å². The number of carbonyl (C=O) groups is 1. The van der Waals surface area contributed by atoms with Gasteiger partial charge in [-0.15, -0.1) is 11.6 Å². The molecule has 0 aliphatic carbocycles. The van der Waals surface area contributed by atoms with Crippen molar-refractivity contribution in [1.82, 2.24) is 9.99 Å². The van der Waals surface area contributed by atoms with E-state index in [-0.39, 0.29) is 29.8 Å². The van der Waals surface area contributed by atoms with Gasteiger partial charge in [-0.1, -0.05) is 74.3 Å². The van der Waals surface area contributed by atoms with Crippen molar-refractivity contribution in [2.75, 3.05) is 5.88 Å². The van der Waals surface area contributed by atoms with Crippen LogP contribution in [0.4, 0.5) is 0 Å². The highest BCUT2D eigenvalue weighted by atomic mass is 79.9. The maximum atomic E-state index is 13.5. The largest absolute Gasteiger partial charge is 0.321 e. The van der Waals surface area contributed by atoms with Crippen LogP contribution in [-0.4, -0.2) is 27.5 Å². The predicted molar refractivity (Wildman–Crippen MR) is 148 cm³/mol. The van der Waals surface area contributed by atoms with Gasteiger partial charge in [-0.3, -0.25) is 9.59 Å². The van der Waals surface area contributed by atoms with Gasteiger partial charge in [-0.2, -0.15) is 5.10 Å². The molecule has 1 atom stereocenters. The first-order chi connectivity index (χ1) is 17.0. The summed E-state index contributed by atoms with van der Waals surface area (Å²) in [5.74, 6) is 0.0248. The van der Waals surface area contributed by atoms with Gasteiger partial charge < -0.3 is 4.98 Å². The summed E-state index contributed by atoms with van der Waals surface area (Å²) < 4.78 is 1.85. The summed E-state index contributed by atoms with van der Waals surface area (Å²) in [6.07, 6.45) is 0.579. The number of carbonyl (C=O) groups excluding carboxylic acids is 1. The second kappa shape index (κ2) is 10.1. The zero-order valence-corrected chi connectivity index (χ0v) is 22.4. The zero-order valence-electron chi connectivity index (χ0n) is 18.5. The van der Waals surface area contributed by atoms with Gasteiger partial charge in [0, 0.05) is 44.1 Å². The molecule has 0 fully saturated rings. The standard InChI is InChI=1S/C27H20Br2ClN3O2/c28-18-8-6-16(7-9-18)23-15-22(32-33(23)24(34)12-13-30)26-25(17-4-2-1-3-5-17)20-14-19(29)10-11-21(20)31-27(26)35/h1-11,14,23H,12-13,15H2,(H,31,35)/t23-/m0/s1. The average Bonchev–Trinajstić information content (AvgIpc) is 3.30. The summed E-state index contributed by atoms with van der Waals surface area (Å²) in [4.78, 5) is 29.5. The van der Waals surface area contributed by atoms with Gasteiger partial charge in [0.25, 0.3) is 5.56 Å². The Morgan fingerprint density at radius 3 is 2.43 bits per heavy atom. The first kappa shape index (κ1) is 24.0. The first-order valence-corrected chi connectivity index (χ1v) is 13.2. The van der Waals surface area contributed by atoms with Gasteiger partial charge in [0.1, 0.15) is 0 Å². The van der Waals surface area contributed by atoms with Gasteiger partial charge in [0.15, 0.2) is 0 Å². The summed E-state index contributed by atoms with van der Waals surface area (Å²) in [6, 6.07) is 23.1. The van der Waals surface area contributed by atoms with Crippen molar-refractivity contribution in [2.24, 2.45) is 5.10 Å². The van der Waals surface area contributed by atoms with Crippen LogP contribution in [0.3, 0.4) is 0 Å². The smallest absolute Gasteiger partial charge is 0.258 e. The van der Waals surface area contributed by atoms with Crippen LogP contribution in [0, 0.1) is 0 Å². The fraction of sp³-hybridized carbons (Fsp3) is 0.148. The topological polar surface area (TPSA) is 65.5 Å². The average molecular weight is 614 g/mol. The van der Waals surface area contributed by atoms with E-state index in [9.17, 15) is 9.59 Å². The summed E-state index contributed by atoms with van der Waals surface area (Å²) in [5.41, 5.74) is 4.19. The number of nitrogens with zero attached hydrogens (tertiary/aromatic N) is 2. The van der Waals surface area contributed by atoms with E-state index in [2.05, 4.69) is 36.8 Å². The maximum Gasteiger partial charge on any atom is 0.258 e. The first-order valence-electron chi connectivity index (χ1n) is 11.1. The van der Waals surface area contributed by atoms with Crippen LogP contribution < -0.4 is 5.56 Å². The Morgan fingerprint density at radius 1 is 1.00 bits per heavy atom. The minimum absolute atomic E-state index is 0.165. The third kappa shape index (κ3) is 4.73. The number of hydrazone groups is 1. The van der Waals surface area contributed by atoms with E-state index in [0.29, 0.717) is 17.7 Å². The van der Waals surface area contributed by atoms with Crippen LogP contribution in [-0.2, 0) is 4.79 Å². The van der Waals surface area contributed by atoms with E-state index in [1.807, 2.05) is 72.8 Å². The van der Waals surface area contributed by atoms with Gasteiger partial charge >= 0.3 is 0 Å². The number of hydrogen-bond acceptors (Lipinski definition) is 3. The molecule has 0 saturated carbocycles. The SMILES string of the molecule is O=C(CCCl)N1N=C(c2c(-c3ccccc3)c3cc(Br)ccc3[nH]c2=O)C[C@H]1c1ccc(Br)cc1. The number of alkyl halides is 1. The Hall–Kier alpha value is -2.74. The molecule has 1 aliphatic heterocycles. The highest BCUT2D eigenvalue weighted by Gasteiger charge is 2.35. The molecule has 35 heavy (non-hydrogen) atoms. The molecule has 0 spiro atoms. The lowest BCUT2D eigenvalue weighted by molar-refractivity contribution is -0.132. The Morgan fingerprint density at radius 2 is 1.71 bits per heavy atom. The summed E-state index contributed by atoms with van der Waals surface area (Å²) in [5, 5.41) is 7.11. The number of aromatic nitrogens is 1. The van der Waals surface area contributed by atoms with Crippen LogP contribution in [0.15, 0.2) is 91.6 Å². The van der Waals surface area contributed by atoms with Crippen molar-refractivity contribution < 1.29 is 4.79 Å². The van der Waals surface area contributed by atoms with Crippen LogP contribution in [0.25, 0.3) is 22.0 Å². The molecule has 1 amide bonds. The molecule has 0 bridgehead atoms. The number of amides is 1. The van der Waals surface area contributed by atoms with E-state index >= 15 is 0 Å². The predicted octanol–water partition coefficient (Wildman–Crippen LogP) is 7.03. The van der Waals surface area contributed by atoms with Gasteiger partial charge in [-0.25, -0.2) is 5.01 Å². The Kier molecular flexibility index (Phi) is 6.91. The molecular weight excluding hydrogens is 594 g/mol. The van der Waals surface area contributed by atoms with Crippen molar-refractivity contribution in [3.63, 3.8) is 0 Å². The van der Waals surface area contributed by atoms with E-state index in [0.717, 1.165) is 36.5 Å². The third-order valence-electron chi connectivity index (χ3n) is 6.06. The molecule has 5 nitrogen and oxygen atoms in total. The van der Waals surface area contributed by atoms with E-state index in [4.69, 9.17) is 16.7 Å². The second-order valence-corrected chi connectivity index (χ2v) is 10.5. The molecule has 4 aromatic rings. The van der Waals surface area contributed by atoms with Gasteiger partial charge in [-0.05, 0) is 41.5 Å². The summed E-state index contributed by atoms with van der Waals surface area (Å²) >= 11 is 12.9. The molecule has 3 aromatic carbocycles. The lowest BCUT2D eigenvalue weighted by Gasteiger charge is -2.21. The monoisotopic (exact) mass is 611 g/mol. The molecule has 5 rings (SSSR count). The van der Waals surface area contributed by atoms with Crippen LogP contribution in [0.2, 0.25) is 0 Å². The molecule has 0 saturated heterocycles. The molecule has 0 unspecified atom stereocenters. The molecule has 1 aromatic heterocycles. The Labute approximate surface area is 224 Å². The van der Waals surface area contributed by atoms with Crippen molar-refractivity contribution in [1.29, 1.82) is 0 Å². The molecule has 1 N–H and O–H groups in total. The molecule has 8 heteroatoms. The van der Waals surface area contributed by atoms with Crippen molar-refractivity contribution in [2.45, 2.75) is 18.9 Å². The van der Waals surface area contributed by atoms with Crippen LogP contribution >= 0.6 is 43.5 Å². The summed E-state index contributed by atoms with van der Waals surface area (Å²) in [6.45, 7) is 0. The highest BCUT2D eigenvalue weighted by molar-refractivity contribution is 9.10. The zero-order chi connectivity index (χ0) is 24.5. The molecule has 0 radical (unpaired) electrons. The number of halogens is 3. The quantitative estimate of drug-likeness (QED) is 0.246. The number of pyridine rings is 1. The molecule has 2 heterocycles. The minimum atomic E-state index is -0.324. The number of benzene rings is 3. The normalized spacial score (nSPS) is 15.5. The number of hydrogen-bond donors (Lipinski definition) is 1. The summed E-state index contributed by atoms with van der Waals surface area (Å²) in [7, 11) is 0. The number of aromatic amines is 1. The lowest BCUT2D eigenvalue weighted by atomic mass is 9.91. The molecular formula is C27H20Br2ClN3O2. The number of H-pyrrole nitrogens is 1. The molecule has 176 valence electrons. The minimum Gasteiger partial charge on any atom is -0.321 e.